The van der Waals surface area contributed by atoms with Crippen molar-refractivity contribution in [1.29, 1.82) is 0 Å². The van der Waals surface area contributed by atoms with Crippen molar-refractivity contribution in [3.8, 4) is 0 Å². The van der Waals surface area contributed by atoms with Crippen LogP contribution in [0.2, 0.25) is 0 Å². The lowest BCUT2D eigenvalue weighted by Crippen LogP contribution is -2.26. The maximum Gasteiger partial charge on any atom is 0.251 e. The second-order valence-electron chi connectivity index (χ2n) is 5.13. The van der Waals surface area contributed by atoms with Gasteiger partial charge in [0.15, 0.2) is 0 Å². The molecule has 22 heavy (non-hydrogen) atoms. The Morgan fingerprint density at radius 1 is 1.09 bits per heavy atom. The van der Waals surface area contributed by atoms with E-state index in [1.165, 1.54) is 0 Å². The second-order valence-corrected chi connectivity index (χ2v) is 5.13. The molecule has 2 aromatic carbocycles. The molecule has 0 heterocycles. The molecule has 116 valence electrons. The first kappa shape index (κ1) is 16.0. The van der Waals surface area contributed by atoms with Crippen LogP contribution in [0, 0.1) is 0 Å². The highest BCUT2D eigenvalue weighted by molar-refractivity contribution is 5.94. The van der Waals surface area contributed by atoms with Crippen LogP contribution in [0.1, 0.15) is 33.9 Å². The number of hydrogen-bond acceptors (Lipinski definition) is 4. The summed E-state index contributed by atoms with van der Waals surface area (Å²) < 4.78 is 0. The van der Waals surface area contributed by atoms with Crippen LogP contribution in [0.3, 0.4) is 0 Å². The second kappa shape index (κ2) is 7.59. The number of nitrogens with one attached hydrogen (secondary N) is 1. The number of carbonyl (C=O) groups is 1. The number of benzene rings is 2. The third-order valence-electron chi connectivity index (χ3n) is 3.53. The van der Waals surface area contributed by atoms with Gasteiger partial charge >= 0.3 is 0 Å². The van der Waals surface area contributed by atoms with Crippen LogP contribution in [0.15, 0.2) is 48.5 Å². The molecule has 7 N–H and O–H groups in total. The van der Waals surface area contributed by atoms with E-state index in [2.05, 4.69) is 5.32 Å². The SMILES string of the molecule is NCCCNC(=O)c1ccc(C(N)c2ccccc2N)cc1. The number of anilines is 1. The van der Waals surface area contributed by atoms with E-state index < -0.39 is 0 Å². The fourth-order valence-corrected chi connectivity index (χ4v) is 2.22. The first-order valence-electron chi connectivity index (χ1n) is 7.31. The van der Waals surface area contributed by atoms with Crippen LogP contribution in [-0.2, 0) is 0 Å². The highest BCUT2D eigenvalue weighted by Crippen LogP contribution is 2.24. The molecule has 2 rings (SSSR count). The summed E-state index contributed by atoms with van der Waals surface area (Å²) in [6.45, 7) is 1.14. The van der Waals surface area contributed by atoms with Crippen molar-refractivity contribution in [1.82, 2.24) is 5.32 Å². The molecule has 0 fully saturated rings. The van der Waals surface area contributed by atoms with Crippen molar-refractivity contribution >= 4 is 11.6 Å². The molecule has 0 aliphatic rings. The van der Waals surface area contributed by atoms with Crippen LogP contribution in [-0.4, -0.2) is 19.0 Å². The maximum atomic E-state index is 11.9. The lowest BCUT2D eigenvalue weighted by atomic mass is 9.97. The zero-order valence-electron chi connectivity index (χ0n) is 12.5. The molecular weight excluding hydrogens is 276 g/mol. The minimum Gasteiger partial charge on any atom is -0.398 e. The van der Waals surface area contributed by atoms with E-state index in [4.69, 9.17) is 17.2 Å². The Morgan fingerprint density at radius 3 is 2.41 bits per heavy atom. The summed E-state index contributed by atoms with van der Waals surface area (Å²) in [6, 6.07) is 14.5. The Balaban J connectivity index is 2.08. The van der Waals surface area contributed by atoms with E-state index >= 15 is 0 Å². The molecular formula is C17H22N4O. The quantitative estimate of drug-likeness (QED) is 0.477. The number of amides is 1. The van der Waals surface area contributed by atoms with Crippen LogP contribution in [0.5, 0.6) is 0 Å². The largest absolute Gasteiger partial charge is 0.398 e. The number of rotatable bonds is 6. The number of para-hydroxylation sites is 1. The summed E-state index contributed by atoms with van der Waals surface area (Å²) in [5.74, 6) is -0.104. The van der Waals surface area contributed by atoms with Crippen molar-refractivity contribution in [2.75, 3.05) is 18.8 Å². The van der Waals surface area contributed by atoms with Crippen LogP contribution in [0.25, 0.3) is 0 Å². The number of carbonyl (C=O) groups excluding carboxylic acids is 1. The summed E-state index contributed by atoms with van der Waals surface area (Å²) in [6.07, 6.45) is 0.766. The van der Waals surface area contributed by atoms with E-state index in [0.29, 0.717) is 24.3 Å². The Bertz CT molecular complexity index is 625. The molecule has 5 nitrogen and oxygen atoms in total. The van der Waals surface area contributed by atoms with Gasteiger partial charge < -0.3 is 22.5 Å². The van der Waals surface area contributed by atoms with Gasteiger partial charge in [-0.15, -0.1) is 0 Å². The van der Waals surface area contributed by atoms with Gasteiger partial charge in [0.25, 0.3) is 5.91 Å². The van der Waals surface area contributed by atoms with Gasteiger partial charge in [0, 0.05) is 17.8 Å². The van der Waals surface area contributed by atoms with Crippen molar-refractivity contribution < 1.29 is 4.79 Å². The van der Waals surface area contributed by atoms with Crippen LogP contribution < -0.4 is 22.5 Å². The zero-order valence-corrected chi connectivity index (χ0v) is 12.5. The normalized spacial score (nSPS) is 11.9. The molecule has 0 spiro atoms. The van der Waals surface area contributed by atoms with Gasteiger partial charge in [0.2, 0.25) is 0 Å². The average Bonchev–Trinajstić information content (AvgIpc) is 2.55. The highest BCUT2D eigenvalue weighted by Gasteiger charge is 2.12. The Labute approximate surface area is 130 Å². The Morgan fingerprint density at radius 2 is 1.77 bits per heavy atom. The van der Waals surface area contributed by atoms with Crippen molar-refractivity contribution in [2.45, 2.75) is 12.5 Å². The monoisotopic (exact) mass is 298 g/mol. The molecule has 0 aromatic heterocycles. The highest BCUT2D eigenvalue weighted by atomic mass is 16.1. The summed E-state index contributed by atoms with van der Waals surface area (Å²) in [7, 11) is 0. The van der Waals surface area contributed by atoms with Gasteiger partial charge in [-0.2, -0.15) is 0 Å². The third kappa shape index (κ3) is 3.84. The summed E-state index contributed by atoms with van der Waals surface area (Å²) in [4.78, 5) is 11.9. The fraction of sp³-hybridized carbons (Fsp3) is 0.235. The van der Waals surface area contributed by atoms with Gasteiger partial charge in [0.05, 0.1) is 6.04 Å². The molecule has 0 bridgehead atoms. The molecule has 0 saturated carbocycles. The zero-order chi connectivity index (χ0) is 15.9. The Hall–Kier alpha value is -2.37. The topological polar surface area (TPSA) is 107 Å². The molecule has 1 amide bonds. The third-order valence-corrected chi connectivity index (χ3v) is 3.53. The predicted octanol–water partition coefficient (Wildman–Crippen LogP) is 1.40. The number of nitrogens with two attached hydrogens (primary N) is 3. The fourth-order valence-electron chi connectivity index (χ4n) is 2.22. The van der Waals surface area contributed by atoms with Gasteiger partial charge in [-0.05, 0) is 42.3 Å². The lowest BCUT2D eigenvalue weighted by Gasteiger charge is -2.15. The van der Waals surface area contributed by atoms with Gasteiger partial charge in [-0.3, -0.25) is 4.79 Å². The summed E-state index contributed by atoms with van der Waals surface area (Å²) in [5, 5.41) is 2.82. The first-order chi connectivity index (χ1) is 10.6. The van der Waals surface area contributed by atoms with Crippen molar-refractivity contribution in [3.63, 3.8) is 0 Å². The summed E-state index contributed by atoms with van der Waals surface area (Å²) >= 11 is 0. The predicted molar refractivity (Wildman–Crippen MR) is 89.3 cm³/mol. The van der Waals surface area contributed by atoms with Crippen molar-refractivity contribution in [2.24, 2.45) is 11.5 Å². The molecule has 1 atom stereocenters. The number of hydrogen-bond donors (Lipinski definition) is 4. The van der Waals surface area contributed by atoms with E-state index in [1.54, 1.807) is 12.1 Å². The number of nitrogen functional groups attached to an aromatic ring is 1. The molecule has 2 aromatic rings. The average molecular weight is 298 g/mol. The standard InChI is InChI=1S/C17H22N4O/c18-10-3-11-21-17(22)13-8-6-12(7-9-13)16(20)14-4-1-2-5-15(14)19/h1-2,4-9,16H,3,10-11,18-20H2,(H,21,22). The summed E-state index contributed by atoms with van der Waals surface area (Å²) in [5.41, 5.74) is 20.7. The van der Waals surface area contributed by atoms with E-state index in [0.717, 1.165) is 17.5 Å². The van der Waals surface area contributed by atoms with Gasteiger partial charge in [-0.25, -0.2) is 0 Å². The molecule has 0 aliphatic carbocycles. The van der Waals surface area contributed by atoms with Crippen LogP contribution in [0.4, 0.5) is 5.69 Å². The van der Waals surface area contributed by atoms with Gasteiger partial charge in [-0.1, -0.05) is 30.3 Å². The first-order valence-corrected chi connectivity index (χ1v) is 7.31. The smallest absolute Gasteiger partial charge is 0.251 e. The maximum absolute atomic E-state index is 11.9. The molecule has 1 unspecified atom stereocenters. The minimum absolute atomic E-state index is 0.104. The molecule has 0 aliphatic heterocycles. The van der Waals surface area contributed by atoms with E-state index in [-0.39, 0.29) is 11.9 Å². The Kier molecular flexibility index (Phi) is 5.52. The molecule has 5 heteroatoms. The van der Waals surface area contributed by atoms with Gasteiger partial charge in [0.1, 0.15) is 0 Å². The van der Waals surface area contributed by atoms with Crippen LogP contribution >= 0.6 is 0 Å². The lowest BCUT2D eigenvalue weighted by molar-refractivity contribution is 0.0953. The van der Waals surface area contributed by atoms with E-state index in [1.807, 2.05) is 36.4 Å². The minimum atomic E-state index is -0.310. The molecule has 0 saturated heterocycles. The van der Waals surface area contributed by atoms with E-state index in [9.17, 15) is 4.79 Å². The molecule has 0 radical (unpaired) electrons. The van der Waals surface area contributed by atoms with Crippen molar-refractivity contribution in [3.05, 3.63) is 65.2 Å².